The average molecular weight is 281 g/mol. The van der Waals surface area contributed by atoms with Crippen molar-refractivity contribution < 1.29 is 9.13 Å². The van der Waals surface area contributed by atoms with Crippen LogP contribution in [0.1, 0.15) is 18.2 Å². The second-order valence-electron chi connectivity index (χ2n) is 4.53. The summed E-state index contributed by atoms with van der Waals surface area (Å²) in [4.78, 5) is 4.45. The molecule has 0 fully saturated rings. The molecule has 3 nitrogen and oxygen atoms in total. The van der Waals surface area contributed by atoms with E-state index in [2.05, 4.69) is 10.3 Å². The number of pyridine rings is 1. The van der Waals surface area contributed by atoms with Crippen LogP contribution in [0.5, 0.6) is 0 Å². The van der Waals surface area contributed by atoms with E-state index >= 15 is 0 Å². The third-order valence-corrected chi connectivity index (χ3v) is 3.50. The predicted octanol–water partition coefficient (Wildman–Crippen LogP) is 3.53. The number of aromatic nitrogens is 1. The Balaban J connectivity index is 2.35. The molecule has 3 rings (SSSR count). The second kappa shape index (κ2) is 4.94. The highest BCUT2D eigenvalue weighted by Crippen LogP contribution is 2.34. The van der Waals surface area contributed by atoms with Crippen LogP contribution in [0.2, 0.25) is 5.02 Å². The van der Waals surface area contributed by atoms with Crippen LogP contribution in [-0.2, 0) is 17.8 Å². The van der Waals surface area contributed by atoms with Gasteiger partial charge < -0.3 is 10.1 Å². The molecule has 1 aromatic heterocycles. The molecule has 1 aliphatic heterocycles. The van der Waals surface area contributed by atoms with Crippen LogP contribution in [0.4, 0.5) is 10.1 Å². The van der Waals surface area contributed by atoms with Crippen molar-refractivity contribution in [2.75, 3.05) is 18.5 Å². The zero-order chi connectivity index (χ0) is 13.4. The summed E-state index contributed by atoms with van der Waals surface area (Å²) in [5.74, 6) is -0.379. The van der Waals surface area contributed by atoms with Crippen molar-refractivity contribution in [2.24, 2.45) is 0 Å². The molecule has 100 valence electrons. The number of anilines is 1. The Morgan fingerprint density at radius 2 is 2.32 bits per heavy atom. The van der Waals surface area contributed by atoms with E-state index in [1.807, 2.05) is 6.92 Å². The first-order chi connectivity index (χ1) is 9.20. The lowest BCUT2D eigenvalue weighted by molar-refractivity contribution is 0.110. The van der Waals surface area contributed by atoms with Crippen molar-refractivity contribution in [1.82, 2.24) is 4.98 Å². The average Bonchev–Trinajstić information content (AvgIpc) is 2.40. The predicted molar refractivity (Wildman–Crippen MR) is 74.2 cm³/mol. The summed E-state index contributed by atoms with van der Waals surface area (Å²) in [6.45, 7) is 3.89. The number of benzene rings is 1. The molecule has 0 bridgehead atoms. The summed E-state index contributed by atoms with van der Waals surface area (Å²) in [5, 5.41) is 4.38. The fraction of sp³-hybridized carbons (Fsp3) is 0.357. The van der Waals surface area contributed by atoms with Crippen molar-refractivity contribution in [3.05, 3.63) is 34.2 Å². The van der Waals surface area contributed by atoms with Crippen molar-refractivity contribution in [3.8, 4) is 0 Å². The van der Waals surface area contributed by atoms with Crippen LogP contribution in [0.25, 0.3) is 10.9 Å². The van der Waals surface area contributed by atoms with Crippen LogP contribution in [-0.4, -0.2) is 18.1 Å². The lowest BCUT2D eigenvalue weighted by Gasteiger charge is -2.21. The number of hydrogen-bond acceptors (Lipinski definition) is 3. The van der Waals surface area contributed by atoms with Gasteiger partial charge in [-0.05, 0) is 19.1 Å². The zero-order valence-electron chi connectivity index (χ0n) is 10.6. The van der Waals surface area contributed by atoms with E-state index in [0.717, 1.165) is 28.9 Å². The van der Waals surface area contributed by atoms with Crippen molar-refractivity contribution in [3.63, 3.8) is 0 Å². The summed E-state index contributed by atoms with van der Waals surface area (Å²) in [6, 6.07) is 3.05. The minimum Gasteiger partial charge on any atom is -0.384 e. The van der Waals surface area contributed by atoms with Crippen LogP contribution >= 0.6 is 11.6 Å². The van der Waals surface area contributed by atoms with Gasteiger partial charge in [0, 0.05) is 28.9 Å². The van der Waals surface area contributed by atoms with Gasteiger partial charge in [0.05, 0.1) is 24.6 Å². The molecule has 0 saturated heterocycles. The van der Waals surface area contributed by atoms with Gasteiger partial charge in [0.15, 0.2) is 5.82 Å². The molecule has 5 heteroatoms. The maximum absolute atomic E-state index is 14.0. The van der Waals surface area contributed by atoms with Gasteiger partial charge >= 0.3 is 0 Å². The smallest absolute Gasteiger partial charge is 0.150 e. The normalized spacial score (nSPS) is 14.5. The summed E-state index contributed by atoms with van der Waals surface area (Å²) < 4.78 is 19.5. The van der Waals surface area contributed by atoms with Crippen LogP contribution in [0.3, 0.4) is 0 Å². The standard InChI is InChI=1S/C14H14ClFN2O/c1-2-17-13-9-5-8(15)6-11(16)14(9)18-12-3-4-19-7-10(12)13/h5-6H,2-4,7H2,1H3,(H,17,18). The van der Waals surface area contributed by atoms with Crippen LogP contribution in [0.15, 0.2) is 12.1 Å². The number of rotatable bonds is 2. The van der Waals surface area contributed by atoms with Gasteiger partial charge in [-0.3, -0.25) is 0 Å². The number of fused-ring (bicyclic) bond motifs is 2. The van der Waals surface area contributed by atoms with E-state index in [4.69, 9.17) is 16.3 Å². The topological polar surface area (TPSA) is 34.2 Å². The molecule has 0 spiro atoms. The third kappa shape index (κ3) is 2.15. The first-order valence-electron chi connectivity index (χ1n) is 6.32. The van der Waals surface area contributed by atoms with E-state index in [0.29, 0.717) is 30.2 Å². The summed E-state index contributed by atoms with van der Waals surface area (Å²) in [6.07, 6.45) is 0.714. The Labute approximate surface area is 115 Å². The maximum Gasteiger partial charge on any atom is 0.150 e. The highest BCUT2D eigenvalue weighted by molar-refractivity contribution is 6.31. The number of hydrogen-bond donors (Lipinski definition) is 1. The number of nitrogens with zero attached hydrogens (tertiary/aromatic N) is 1. The fourth-order valence-corrected chi connectivity index (χ4v) is 2.67. The molecule has 0 amide bonds. The lowest BCUT2D eigenvalue weighted by atomic mass is 10.0. The molecule has 1 aromatic carbocycles. The molecule has 19 heavy (non-hydrogen) atoms. The molecule has 0 saturated carbocycles. The minimum atomic E-state index is -0.379. The summed E-state index contributed by atoms with van der Waals surface area (Å²) >= 11 is 5.95. The molecular weight excluding hydrogens is 267 g/mol. The Morgan fingerprint density at radius 3 is 3.11 bits per heavy atom. The summed E-state index contributed by atoms with van der Waals surface area (Å²) in [7, 11) is 0. The van der Waals surface area contributed by atoms with Crippen molar-refractivity contribution in [2.45, 2.75) is 20.0 Å². The number of halogens is 2. The largest absolute Gasteiger partial charge is 0.384 e. The molecule has 1 aliphatic rings. The van der Waals surface area contributed by atoms with Gasteiger partial charge in [-0.15, -0.1) is 0 Å². The van der Waals surface area contributed by atoms with E-state index < -0.39 is 0 Å². The van der Waals surface area contributed by atoms with E-state index in [1.54, 1.807) is 6.07 Å². The van der Waals surface area contributed by atoms with Gasteiger partial charge in [-0.1, -0.05) is 11.6 Å². The van der Waals surface area contributed by atoms with Crippen molar-refractivity contribution >= 4 is 28.2 Å². The SMILES string of the molecule is CCNc1c2c(nc3c(F)cc(Cl)cc13)CCOC2. The number of ether oxygens (including phenoxy) is 1. The van der Waals surface area contributed by atoms with Gasteiger partial charge in [-0.25, -0.2) is 9.37 Å². The Morgan fingerprint density at radius 1 is 1.47 bits per heavy atom. The monoisotopic (exact) mass is 280 g/mol. The van der Waals surface area contributed by atoms with E-state index in [9.17, 15) is 4.39 Å². The fourth-order valence-electron chi connectivity index (χ4n) is 2.46. The van der Waals surface area contributed by atoms with Gasteiger partial charge in [0.2, 0.25) is 0 Å². The molecule has 0 atom stereocenters. The highest BCUT2D eigenvalue weighted by Gasteiger charge is 2.20. The third-order valence-electron chi connectivity index (χ3n) is 3.28. The highest BCUT2D eigenvalue weighted by atomic mass is 35.5. The zero-order valence-corrected chi connectivity index (χ0v) is 11.4. The molecule has 2 aromatic rings. The summed E-state index contributed by atoms with van der Waals surface area (Å²) in [5.41, 5.74) is 3.20. The van der Waals surface area contributed by atoms with Gasteiger partial charge in [0.1, 0.15) is 5.52 Å². The quantitative estimate of drug-likeness (QED) is 0.914. The Kier molecular flexibility index (Phi) is 3.29. The van der Waals surface area contributed by atoms with Crippen molar-refractivity contribution in [1.29, 1.82) is 0 Å². The minimum absolute atomic E-state index is 0.376. The van der Waals surface area contributed by atoms with Gasteiger partial charge in [-0.2, -0.15) is 0 Å². The molecule has 0 radical (unpaired) electrons. The number of nitrogens with one attached hydrogen (secondary N) is 1. The van der Waals surface area contributed by atoms with Crippen LogP contribution < -0.4 is 5.32 Å². The Bertz CT molecular complexity index is 645. The van der Waals surface area contributed by atoms with E-state index in [-0.39, 0.29) is 5.82 Å². The molecule has 0 unspecified atom stereocenters. The first kappa shape index (κ1) is 12.6. The molecular formula is C14H14ClFN2O. The first-order valence-corrected chi connectivity index (χ1v) is 6.70. The maximum atomic E-state index is 14.0. The molecule has 0 aliphatic carbocycles. The molecule has 1 N–H and O–H groups in total. The van der Waals surface area contributed by atoms with E-state index in [1.165, 1.54) is 6.07 Å². The lowest BCUT2D eigenvalue weighted by Crippen LogP contribution is -2.15. The second-order valence-corrected chi connectivity index (χ2v) is 4.97. The van der Waals surface area contributed by atoms with Gasteiger partial charge in [0.25, 0.3) is 0 Å². The molecule has 2 heterocycles. The Hall–Kier alpha value is -1.39. The van der Waals surface area contributed by atoms with Crippen LogP contribution in [0, 0.1) is 5.82 Å².